The Morgan fingerprint density at radius 3 is 2.62 bits per heavy atom. The lowest BCUT2D eigenvalue weighted by Gasteiger charge is -2.22. The van der Waals surface area contributed by atoms with Crippen LogP contribution in [-0.4, -0.2) is 58.0 Å². The summed E-state index contributed by atoms with van der Waals surface area (Å²) in [7, 11) is 0. The van der Waals surface area contributed by atoms with Gasteiger partial charge in [0.2, 0.25) is 5.91 Å². The van der Waals surface area contributed by atoms with Crippen molar-refractivity contribution < 1.29 is 9.59 Å². The fourth-order valence-electron chi connectivity index (χ4n) is 3.04. The van der Waals surface area contributed by atoms with E-state index in [1.165, 1.54) is 11.3 Å². The number of hydrogen-bond donors (Lipinski definition) is 1. The molecule has 1 N–H and O–H groups in total. The van der Waals surface area contributed by atoms with Crippen molar-refractivity contribution in [3.63, 3.8) is 0 Å². The van der Waals surface area contributed by atoms with Crippen LogP contribution >= 0.6 is 11.3 Å². The maximum absolute atomic E-state index is 12.6. The number of hydrogen-bond acceptors (Lipinski definition) is 4. The molecule has 0 aromatic carbocycles. The van der Waals surface area contributed by atoms with Crippen LogP contribution in [0.1, 0.15) is 33.7 Å². The summed E-state index contributed by atoms with van der Waals surface area (Å²) in [6.45, 7) is 6.42. The molecule has 1 aliphatic rings. The Labute approximate surface area is 145 Å². The van der Waals surface area contributed by atoms with E-state index in [1.54, 1.807) is 0 Å². The Morgan fingerprint density at radius 1 is 1.21 bits per heavy atom. The van der Waals surface area contributed by atoms with E-state index in [2.05, 4.69) is 10.2 Å². The van der Waals surface area contributed by atoms with E-state index in [9.17, 15) is 9.59 Å². The highest BCUT2D eigenvalue weighted by molar-refractivity contribution is 7.08. The van der Waals surface area contributed by atoms with Crippen molar-refractivity contribution >= 4 is 23.2 Å². The van der Waals surface area contributed by atoms with Crippen LogP contribution in [0.4, 0.5) is 0 Å². The van der Waals surface area contributed by atoms with E-state index in [-0.39, 0.29) is 11.8 Å². The van der Waals surface area contributed by atoms with Crippen LogP contribution < -0.4 is 0 Å². The van der Waals surface area contributed by atoms with Crippen molar-refractivity contribution in [3.8, 4) is 0 Å². The quantitative estimate of drug-likeness (QED) is 0.924. The van der Waals surface area contributed by atoms with Gasteiger partial charge in [-0.25, -0.2) is 0 Å². The van der Waals surface area contributed by atoms with Gasteiger partial charge in [-0.2, -0.15) is 16.4 Å². The molecule has 1 saturated heterocycles. The Kier molecular flexibility index (Phi) is 4.99. The molecule has 0 bridgehead atoms. The summed E-state index contributed by atoms with van der Waals surface area (Å²) in [4.78, 5) is 28.8. The van der Waals surface area contributed by atoms with Gasteiger partial charge in [-0.1, -0.05) is 0 Å². The van der Waals surface area contributed by atoms with E-state index in [1.807, 2.05) is 40.5 Å². The lowest BCUT2D eigenvalue weighted by molar-refractivity contribution is -0.130. The first kappa shape index (κ1) is 16.7. The number of aryl methyl sites for hydroxylation is 2. The van der Waals surface area contributed by atoms with Gasteiger partial charge in [0.15, 0.2) is 0 Å². The average molecular weight is 346 g/mol. The SMILES string of the molecule is Cc1n[nH]c(C)c1CC(=O)N1CCCN(C(=O)c2ccsc2)CC1. The first-order valence-electron chi connectivity index (χ1n) is 8.16. The number of thiophene rings is 1. The van der Waals surface area contributed by atoms with Gasteiger partial charge in [-0.3, -0.25) is 14.7 Å². The zero-order chi connectivity index (χ0) is 17.1. The second-order valence-electron chi connectivity index (χ2n) is 6.13. The van der Waals surface area contributed by atoms with Gasteiger partial charge in [-0.05, 0) is 31.7 Å². The lowest BCUT2D eigenvalue weighted by atomic mass is 10.1. The van der Waals surface area contributed by atoms with Gasteiger partial charge < -0.3 is 9.80 Å². The largest absolute Gasteiger partial charge is 0.341 e. The van der Waals surface area contributed by atoms with Gasteiger partial charge in [0, 0.05) is 42.8 Å². The molecule has 1 fully saturated rings. The molecule has 7 heteroatoms. The van der Waals surface area contributed by atoms with Crippen LogP contribution in [-0.2, 0) is 11.2 Å². The van der Waals surface area contributed by atoms with Crippen molar-refractivity contribution in [1.29, 1.82) is 0 Å². The van der Waals surface area contributed by atoms with Gasteiger partial charge in [0.25, 0.3) is 5.91 Å². The van der Waals surface area contributed by atoms with E-state index >= 15 is 0 Å². The minimum absolute atomic E-state index is 0.0621. The van der Waals surface area contributed by atoms with Gasteiger partial charge in [-0.15, -0.1) is 0 Å². The molecular weight excluding hydrogens is 324 g/mol. The molecule has 0 aliphatic carbocycles. The zero-order valence-electron chi connectivity index (χ0n) is 14.0. The summed E-state index contributed by atoms with van der Waals surface area (Å²) in [5.74, 6) is 0.166. The summed E-state index contributed by atoms with van der Waals surface area (Å²) >= 11 is 1.53. The predicted octanol–water partition coefficient (Wildman–Crippen LogP) is 2.01. The number of carbonyl (C=O) groups is 2. The third-order valence-corrected chi connectivity index (χ3v) is 5.20. The fourth-order valence-corrected chi connectivity index (χ4v) is 3.67. The smallest absolute Gasteiger partial charge is 0.254 e. The maximum atomic E-state index is 12.6. The van der Waals surface area contributed by atoms with Crippen LogP contribution in [0.15, 0.2) is 16.8 Å². The van der Waals surface area contributed by atoms with Crippen LogP contribution in [0.3, 0.4) is 0 Å². The van der Waals surface area contributed by atoms with Crippen LogP contribution in [0.25, 0.3) is 0 Å². The molecule has 2 amide bonds. The van der Waals surface area contributed by atoms with Crippen molar-refractivity contribution in [2.45, 2.75) is 26.7 Å². The van der Waals surface area contributed by atoms with E-state index in [0.717, 1.165) is 28.9 Å². The highest BCUT2D eigenvalue weighted by Crippen LogP contribution is 2.15. The second kappa shape index (κ2) is 7.17. The van der Waals surface area contributed by atoms with Crippen LogP contribution in [0.2, 0.25) is 0 Å². The summed E-state index contributed by atoms with van der Waals surface area (Å²) < 4.78 is 0. The molecule has 3 heterocycles. The molecule has 2 aromatic heterocycles. The third kappa shape index (κ3) is 3.51. The normalized spacial score (nSPS) is 15.4. The Bertz CT molecular complexity index is 704. The Morgan fingerprint density at radius 2 is 1.96 bits per heavy atom. The summed E-state index contributed by atoms with van der Waals surface area (Å²) in [6.07, 6.45) is 1.18. The van der Waals surface area contributed by atoms with E-state index in [4.69, 9.17) is 0 Å². The number of nitrogens with zero attached hydrogens (tertiary/aromatic N) is 3. The molecular formula is C17H22N4O2S. The highest BCUT2D eigenvalue weighted by atomic mass is 32.1. The van der Waals surface area contributed by atoms with Crippen molar-refractivity contribution in [3.05, 3.63) is 39.3 Å². The maximum Gasteiger partial charge on any atom is 0.254 e. The Balaban J connectivity index is 1.61. The van der Waals surface area contributed by atoms with Crippen molar-refractivity contribution in [1.82, 2.24) is 20.0 Å². The first-order chi connectivity index (χ1) is 11.6. The molecule has 0 unspecified atom stereocenters. The number of rotatable bonds is 3. The number of carbonyl (C=O) groups excluding carboxylic acids is 2. The molecule has 0 radical (unpaired) electrons. The van der Waals surface area contributed by atoms with Gasteiger partial charge >= 0.3 is 0 Å². The van der Waals surface area contributed by atoms with Gasteiger partial charge in [0.1, 0.15) is 0 Å². The average Bonchev–Trinajstić information content (AvgIpc) is 3.13. The molecule has 0 spiro atoms. The minimum atomic E-state index is 0.0621. The minimum Gasteiger partial charge on any atom is -0.341 e. The van der Waals surface area contributed by atoms with E-state index in [0.29, 0.717) is 32.6 Å². The van der Waals surface area contributed by atoms with E-state index < -0.39 is 0 Å². The number of amides is 2. The summed E-state index contributed by atoms with van der Waals surface area (Å²) in [5.41, 5.74) is 3.55. The molecule has 1 aliphatic heterocycles. The Hall–Kier alpha value is -2.15. The molecule has 128 valence electrons. The summed E-state index contributed by atoms with van der Waals surface area (Å²) in [5, 5.41) is 10.9. The molecule has 3 rings (SSSR count). The molecule has 24 heavy (non-hydrogen) atoms. The standard InChI is InChI=1S/C17H22N4O2S/c1-12-15(13(2)19-18-12)10-16(22)20-5-3-6-21(8-7-20)17(23)14-4-9-24-11-14/h4,9,11H,3,5-8,10H2,1-2H3,(H,18,19). The van der Waals surface area contributed by atoms with Gasteiger partial charge in [0.05, 0.1) is 17.7 Å². The zero-order valence-corrected chi connectivity index (χ0v) is 14.9. The fraction of sp³-hybridized carbons (Fsp3) is 0.471. The number of aromatic amines is 1. The third-order valence-electron chi connectivity index (χ3n) is 4.51. The predicted molar refractivity (Wildman–Crippen MR) is 93.2 cm³/mol. The van der Waals surface area contributed by atoms with Crippen molar-refractivity contribution in [2.24, 2.45) is 0 Å². The molecule has 6 nitrogen and oxygen atoms in total. The molecule has 0 atom stereocenters. The number of H-pyrrole nitrogens is 1. The second-order valence-corrected chi connectivity index (χ2v) is 6.91. The topological polar surface area (TPSA) is 69.3 Å². The number of aromatic nitrogens is 2. The van der Waals surface area contributed by atoms with Crippen LogP contribution in [0.5, 0.6) is 0 Å². The van der Waals surface area contributed by atoms with Crippen molar-refractivity contribution in [2.75, 3.05) is 26.2 Å². The monoisotopic (exact) mass is 346 g/mol. The summed E-state index contributed by atoms with van der Waals surface area (Å²) in [6, 6.07) is 1.85. The highest BCUT2D eigenvalue weighted by Gasteiger charge is 2.24. The molecule has 2 aromatic rings. The molecule has 0 saturated carbocycles. The number of nitrogens with one attached hydrogen (secondary N) is 1. The first-order valence-corrected chi connectivity index (χ1v) is 9.10. The lowest BCUT2D eigenvalue weighted by Crippen LogP contribution is -2.38. The van der Waals surface area contributed by atoms with Crippen LogP contribution in [0, 0.1) is 13.8 Å².